The average molecular weight is 518 g/mol. The van der Waals surface area contributed by atoms with E-state index in [-0.39, 0.29) is 18.4 Å². The van der Waals surface area contributed by atoms with Crippen molar-refractivity contribution < 1.29 is 14.3 Å². The number of ether oxygens (including phenoxy) is 1. The van der Waals surface area contributed by atoms with Crippen LogP contribution in [0.15, 0.2) is 46.9 Å². The number of aryl methyl sites for hydroxylation is 1. The van der Waals surface area contributed by atoms with Gasteiger partial charge in [-0.2, -0.15) is 0 Å². The number of rotatable bonds is 11. The summed E-state index contributed by atoms with van der Waals surface area (Å²) in [6, 6.07) is 13.4. The third-order valence-electron chi connectivity index (χ3n) is 5.48. The molecule has 0 saturated carbocycles. The second-order valence-corrected chi connectivity index (χ2v) is 10.1. The molecule has 5 nitrogen and oxygen atoms in total. The van der Waals surface area contributed by atoms with Gasteiger partial charge in [0.25, 0.3) is 5.91 Å². The van der Waals surface area contributed by atoms with Crippen LogP contribution in [0, 0.1) is 12.8 Å². The van der Waals surface area contributed by atoms with Crippen molar-refractivity contribution in [2.75, 3.05) is 13.2 Å². The fourth-order valence-electron chi connectivity index (χ4n) is 3.56. The van der Waals surface area contributed by atoms with E-state index in [0.717, 1.165) is 15.6 Å². The summed E-state index contributed by atoms with van der Waals surface area (Å²) in [7, 11) is 0. The highest BCUT2D eigenvalue weighted by molar-refractivity contribution is 9.10. The summed E-state index contributed by atoms with van der Waals surface area (Å²) in [4.78, 5) is 27.9. The van der Waals surface area contributed by atoms with Gasteiger partial charge in [0, 0.05) is 13.1 Å². The number of nitrogens with zero attached hydrogens (tertiary/aromatic N) is 1. The fourth-order valence-corrected chi connectivity index (χ4v) is 4.08. The molecule has 0 heterocycles. The minimum atomic E-state index is -0.563. The summed E-state index contributed by atoms with van der Waals surface area (Å²) in [6.07, 6.45) is 0.522. The Hall–Kier alpha value is -2.34. The minimum absolute atomic E-state index is 0.130. The zero-order valence-electron chi connectivity index (χ0n) is 20.7. The highest BCUT2D eigenvalue weighted by atomic mass is 79.9. The molecule has 2 rings (SSSR count). The van der Waals surface area contributed by atoms with Crippen LogP contribution in [0.5, 0.6) is 5.75 Å². The number of halogens is 1. The van der Waals surface area contributed by atoms with Crippen molar-refractivity contribution in [2.24, 2.45) is 5.92 Å². The van der Waals surface area contributed by atoms with Gasteiger partial charge in [-0.05, 0) is 64.4 Å². The zero-order chi connectivity index (χ0) is 24.5. The Bertz CT molecular complexity index is 943. The van der Waals surface area contributed by atoms with E-state index in [1.54, 1.807) is 4.90 Å². The molecular weight excluding hydrogens is 480 g/mol. The standard InChI is InChI=1S/C27H37BrN2O3/c1-7-24(27(32)29-15-18(2)3)30(16-21-10-8-9-20(6)13-21)26(31)17-33-25-12-11-22(19(4)5)14-23(25)28/h8-14,18-19,24H,7,15-17H2,1-6H3,(H,29,32)/t24-/m0/s1. The Kier molecular flexibility index (Phi) is 10.4. The third-order valence-corrected chi connectivity index (χ3v) is 6.10. The molecular formula is C27H37BrN2O3. The van der Waals surface area contributed by atoms with Gasteiger partial charge in [-0.1, -0.05) is 70.5 Å². The molecule has 0 saturated heterocycles. The normalized spacial score (nSPS) is 12.0. The lowest BCUT2D eigenvalue weighted by atomic mass is 10.0. The van der Waals surface area contributed by atoms with Crippen molar-refractivity contribution in [1.29, 1.82) is 0 Å². The largest absolute Gasteiger partial charge is 0.483 e. The lowest BCUT2D eigenvalue weighted by Crippen LogP contribution is -2.50. The van der Waals surface area contributed by atoms with Gasteiger partial charge in [0.1, 0.15) is 11.8 Å². The van der Waals surface area contributed by atoms with Crippen molar-refractivity contribution in [3.8, 4) is 5.75 Å². The van der Waals surface area contributed by atoms with Crippen molar-refractivity contribution in [2.45, 2.75) is 66.5 Å². The summed E-state index contributed by atoms with van der Waals surface area (Å²) in [5.74, 6) is 0.997. The van der Waals surface area contributed by atoms with E-state index in [2.05, 4.69) is 35.1 Å². The van der Waals surface area contributed by atoms with Crippen molar-refractivity contribution >= 4 is 27.7 Å². The summed E-state index contributed by atoms with van der Waals surface area (Å²) in [5.41, 5.74) is 3.29. The summed E-state index contributed by atoms with van der Waals surface area (Å²) >= 11 is 3.55. The fraction of sp³-hybridized carbons (Fsp3) is 0.481. The maximum absolute atomic E-state index is 13.3. The topological polar surface area (TPSA) is 58.6 Å². The summed E-state index contributed by atoms with van der Waals surface area (Å²) < 4.78 is 6.69. The number of carbonyl (C=O) groups excluding carboxylic acids is 2. The molecule has 0 aliphatic rings. The maximum atomic E-state index is 13.3. The monoisotopic (exact) mass is 516 g/mol. The van der Waals surface area contributed by atoms with Crippen LogP contribution in [-0.4, -0.2) is 35.9 Å². The molecule has 2 aromatic rings. The van der Waals surface area contributed by atoms with Crippen LogP contribution in [0.2, 0.25) is 0 Å². The van der Waals surface area contributed by atoms with E-state index in [1.807, 2.05) is 70.2 Å². The Morgan fingerprint density at radius 1 is 1.09 bits per heavy atom. The van der Waals surface area contributed by atoms with Crippen LogP contribution in [0.3, 0.4) is 0 Å². The van der Waals surface area contributed by atoms with E-state index >= 15 is 0 Å². The summed E-state index contributed by atoms with van der Waals surface area (Å²) in [5, 5.41) is 2.98. The van der Waals surface area contributed by atoms with Crippen molar-refractivity contribution in [3.05, 3.63) is 63.6 Å². The molecule has 0 spiro atoms. The predicted octanol–water partition coefficient (Wildman–Crippen LogP) is 5.84. The second-order valence-electron chi connectivity index (χ2n) is 9.21. The first-order valence-electron chi connectivity index (χ1n) is 11.7. The van der Waals surface area contributed by atoms with E-state index in [1.165, 1.54) is 5.56 Å². The SMILES string of the molecule is CC[C@@H](C(=O)NCC(C)C)N(Cc1cccc(C)c1)C(=O)COc1ccc(C(C)C)cc1Br. The molecule has 33 heavy (non-hydrogen) atoms. The second kappa shape index (κ2) is 12.8. The van der Waals surface area contributed by atoms with Gasteiger partial charge in [0.05, 0.1) is 4.47 Å². The van der Waals surface area contributed by atoms with Crippen LogP contribution in [0.4, 0.5) is 0 Å². The molecule has 0 aromatic heterocycles. The molecule has 0 bridgehead atoms. The molecule has 1 N–H and O–H groups in total. The van der Waals surface area contributed by atoms with Gasteiger partial charge in [0.2, 0.25) is 5.91 Å². The quantitative estimate of drug-likeness (QED) is 0.408. The van der Waals surface area contributed by atoms with Crippen LogP contribution < -0.4 is 10.1 Å². The number of benzene rings is 2. The first kappa shape index (κ1) is 26.9. The molecule has 6 heteroatoms. The number of nitrogens with one attached hydrogen (secondary N) is 1. The highest BCUT2D eigenvalue weighted by Crippen LogP contribution is 2.29. The molecule has 0 aliphatic carbocycles. The lowest BCUT2D eigenvalue weighted by molar-refractivity contribution is -0.143. The first-order chi connectivity index (χ1) is 15.6. The first-order valence-corrected chi connectivity index (χ1v) is 12.5. The van der Waals surface area contributed by atoms with Gasteiger partial charge in [-0.15, -0.1) is 0 Å². The van der Waals surface area contributed by atoms with E-state index in [9.17, 15) is 9.59 Å². The lowest BCUT2D eigenvalue weighted by Gasteiger charge is -2.31. The van der Waals surface area contributed by atoms with Crippen LogP contribution >= 0.6 is 15.9 Å². The Labute approximate surface area is 207 Å². The van der Waals surface area contributed by atoms with Gasteiger partial charge in [-0.25, -0.2) is 0 Å². The number of hydrogen-bond acceptors (Lipinski definition) is 3. The van der Waals surface area contributed by atoms with Crippen molar-refractivity contribution in [3.63, 3.8) is 0 Å². The average Bonchev–Trinajstić information content (AvgIpc) is 2.76. The number of carbonyl (C=O) groups is 2. The van der Waals surface area contributed by atoms with E-state index in [4.69, 9.17) is 4.74 Å². The van der Waals surface area contributed by atoms with Gasteiger partial charge in [-0.3, -0.25) is 9.59 Å². The highest BCUT2D eigenvalue weighted by Gasteiger charge is 2.29. The Morgan fingerprint density at radius 3 is 2.39 bits per heavy atom. The maximum Gasteiger partial charge on any atom is 0.261 e. The van der Waals surface area contributed by atoms with E-state index < -0.39 is 6.04 Å². The molecule has 0 radical (unpaired) electrons. The van der Waals surface area contributed by atoms with Gasteiger partial charge < -0.3 is 15.0 Å². The van der Waals surface area contributed by atoms with Crippen molar-refractivity contribution in [1.82, 2.24) is 10.2 Å². The number of amides is 2. The Balaban J connectivity index is 2.22. The molecule has 2 amide bonds. The molecule has 0 fully saturated rings. The molecule has 0 aliphatic heterocycles. The molecule has 180 valence electrons. The predicted molar refractivity (Wildman–Crippen MR) is 137 cm³/mol. The zero-order valence-corrected chi connectivity index (χ0v) is 22.2. The van der Waals surface area contributed by atoms with Crippen LogP contribution in [0.25, 0.3) is 0 Å². The molecule has 2 aromatic carbocycles. The van der Waals surface area contributed by atoms with Gasteiger partial charge in [0.15, 0.2) is 6.61 Å². The van der Waals surface area contributed by atoms with Crippen LogP contribution in [-0.2, 0) is 16.1 Å². The smallest absolute Gasteiger partial charge is 0.261 e. The van der Waals surface area contributed by atoms with Crippen LogP contribution in [0.1, 0.15) is 63.6 Å². The summed E-state index contributed by atoms with van der Waals surface area (Å²) in [6.45, 7) is 13.1. The van der Waals surface area contributed by atoms with Gasteiger partial charge >= 0.3 is 0 Å². The minimum Gasteiger partial charge on any atom is -0.483 e. The Morgan fingerprint density at radius 2 is 1.82 bits per heavy atom. The molecule has 1 atom stereocenters. The van der Waals surface area contributed by atoms with E-state index in [0.29, 0.717) is 37.1 Å². The number of hydrogen-bond donors (Lipinski definition) is 1. The molecule has 0 unspecified atom stereocenters. The third kappa shape index (κ3) is 8.18.